The van der Waals surface area contributed by atoms with Gasteiger partial charge in [-0.25, -0.2) is 0 Å². The zero-order chi connectivity index (χ0) is 11.4. The average molecular weight is 217 g/mol. The minimum absolute atomic E-state index is 0.389. The van der Waals surface area contributed by atoms with Crippen molar-refractivity contribution >= 4 is 5.78 Å². The van der Waals surface area contributed by atoms with Crippen molar-refractivity contribution in [1.29, 1.82) is 0 Å². The monoisotopic (exact) mass is 217 g/mol. The molecule has 2 rings (SSSR count). The van der Waals surface area contributed by atoms with E-state index < -0.39 is 0 Å². The summed E-state index contributed by atoms with van der Waals surface area (Å²) in [6.07, 6.45) is 2.48. The topological polar surface area (TPSA) is 29.1 Å². The summed E-state index contributed by atoms with van der Waals surface area (Å²) in [4.78, 5) is 11.7. The normalized spacial score (nSPS) is 17.7. The molecule has 1 atom stereocenters. The predicted molar refractivity (Wildman–Crippen MR) is 65.7 cm³/mol. The van der Waals surface area contributed by atoms with Crippen LogP contribution in [0.25, 0.3) is 0 Å². The fourth-order valence-electron chi connectivity index (χ4n) is 2.33. The number of carbonyl (C=O) groups excluding carboxylic acids is 1. The van der Waals surface area contributed by atoms with E-state index in [1.165, 1.54) is 11.1 Å². The molecule has 0 fully saturated rings. The second-order valence-corrected chi connectivity index (χ2v) is 4.45. The van der Waals surface area contributed by atoms with Crippen molar-refractivity contribution < 1.29 is 4.79 Å². The van der Waals surface area contributed by atoms with Crippen LogP contribution >= 0.6 is 0 Å². The summed E-state index contributed by atoms with van der Waals surface area (Å²) in [5.41, 5.74) is 2.81. The number of nitrogens with one attached hydrogen (secondary N) is 1. The lowest BCUT2D eigenvalue weighted by Gasteiger charge is -2.29. The van der Waals surface area contributed by atoms with Gasteiger partial charge in [-0.05, 0) is 30.0 Å². The van der Waals surface area contributed by atoms with Crippen molar-refractivity contribution in [2.75, 3.05) is 13.1 Å². The van der Waals surface area contributed by atoms with Gasteiger partial charge in [0.1, 0.15) is 5.78 Å². The Kier molecular flexibility index (Phi) is 3.73. The zero-order valence-corrected chi connectivity index (χ0v) is 9.83. The largest absolute Gasteiger partial charge is 0.317 e. The molecule has 1 unspecified atom stereocenters. The van der Waals surface area contributed by atoms with E-state index >= 15 is 0 Å². The summed E-state index contributed by atoms with van der Waals surface area (Å²) in [5, 5.41) is 3.19. The number of fused-ring (bicyclic) bond motifs is 1. The Bertz CT molecular complexity index is 373. The van der Waals surface area contributed by atoms with Gasteiger partial charge in [0.25, 0.3) is 0 Å². The molecule has 0 heterocycles. The van der Waals surface area contributed by atoms with Gasteiger partial charge < -0.3 is 5.32 Å². The maximum absolute atomic E-state index is 11.7. The highest BCUT2D eigenvalue weighted by Gasteiger charge is 2.26. The fourth-order valence-corrected chi connectivity index (χ4v) is 2.33. The molecule has 0 aliphatic heterocycles. The molecule has 0 saturated heterocycles. The van der Waals surface area contributed by atoms with Crippen molar-refractivity contribution in [3.8, 4) is 0 Å². The highest BCUT2D eigenvalue weighted by molar-refractivity contribution is 5.80. The van der Waals surface area contributed by atoms with E-state index in [1.807, 2.05) is 0 Å². The molecular formula is C14H19NO. The predicted octanol–water partition coefficient (Wildman–Crippen LogP) is 2.29. The van der Waals surface area contributed by atoms with Crippen LogP contribution in [-0.2, 0) is 11.2 Å². The first kappa shape index (κ1) is 11.3. The fraction of sp³-hybridized carbons (Fsp3) is 0.500. The first-order chi connectivity index (χ1) is 7.81. The van der Waals surface area contributed by atoms with E-state index in [1.54, 1.807) is 0 Å². The van der Waals surface area contributed by atoms with Gasteiger partial charge in [0.15, 0.2) is 0 Å². The molecule has 86 valence electrons. The molecule has 16 heavy (non-hydrogen) atoms. The Hall–Kier alpha value is -1.15. The van der Waals surface area contributed by atoms with E-state index in [4.69, 9.17) is 0 Å². The van der Waals surface area contributed by atoms with E-state index in [0.29, 0.717) is 18.1 Å². The first-order valence-corrected chi connectivity index (χ1v) is 6.11. The zero-order valence-electron chi connectivity index (χ0n) is 9.83. The van der Waals surface area contributed by atoms with Gasteiger partial charge in [0.05, 0.1) is 0 Å². The van der Waals surface area contributed by atoms with Crippen LogP contribution in [0.3, 0.4) is 0 Å². The van der Waals surface area contributed by atoms with Gasteiger partial charge in [-0.2, -0.15) is 0 Å². The Balaban J connectivity index is 1.78. The van der Waals surface area contributed by atoms with Crippen molar-refractivity contribution in [2.24, 2.45) is 0 Å². The van der Waals surface area contributed by atoms with E-state index in [2.05, 4.69) is 36.5 Å². The Morgan fingerprint density at radius 2 is 2.25 bits per heavy atom. The number of Topliss-reactive ketones (excluding diaryl/α,β-unsaturated/α-hetero) is 1. The van der Waals surface area contributed by atoms with Crippen LogP contribution in [-0.4, -0.2) is 18.9 Å². The molecule has 2 heteroatoms. The summed E-state index contributed by atoms with van der Waals surface area (Å²) in [6, 6.07) is 8.45. The molecule has 2 nitrogen and oxygen atoms in total. The smallest absolute Gasteiger partial charge is 0.134 e. The maximum Gasteiger partial charge on any atom is 0.134 e. The van der Waals surface area contributed by atoms with Gasteiger partial charge in [-0.1, -0.05) is 31.2 Å². The Morgan fingerprint density at radius 1 is 1.44 bits per heavy atom. The summed E-state index contributed by atoms with van der Waals surface area (Å²) in [5.74, 6) is 0.880. The second kappa shape index (κ2) is 5.26. The van der Waals surface area contributed by atoms with Gasteiger partial charge >= 0.3 is 0 Å². The molecule has 0 saturated carbocycles. The maximum atomic E-state index is 11.7. The van der Waals surface area contributed by atoms with Crippen LogP contribution in [0.4, 0.5) is 0 Å². The summed E-state index contributed by atoms with van der Waals surface area (Å²) >= 11 is 0. The summed E-state index contributed by atoms with van der Waals surface area (Å²) in [7, 11) is 0. The van der Waals surface area contributed by atoms with Crippen LogP contribution in [0.15, 0.2) is 24.3 Å². The van der Waals surface area contributed by atoms with Crippen LogP contribution in [0.1, 0.15) is 36.8 Å². The molecular weight excluding hydrogens is 198 g/mol. The Labute approximate surface area is 97.1 Å². The minimum Gasteiger partial charge on any atom is -0.317 e. The third-order valence-corrected chi connectivity index (χ3v) is 3.27. The van der Waals surface area contributed by atoms with Gasteiger partial charge in [0, 0.05) is 19.4 Å². The molecule has 0 amide bonds. The van der Waals surface area contributed by atoms with Gasteiger partial charge in [0.2, 0.25) is 0 Å². The van der Waals surface area contributed by atoms with Crippen molar-refractivity contribution in [3.05, 3.63) is 35.4 Å². The number of ketones is 1. The number of carbonyl (C=O) groups is 1. The molecule has 1 N–H and O–H groups in total. The van der Waals surface area contributed by atoms with Crippen molar-refractivity contribution in [3.63, 3.8) is 0 Å². The molecule has 1 aromatic carbocycles. The van der Waals surface area contributed by atoms with Gasteiger partial charge in [-0.3, -0.25) is 4.79 Å². The van der Waals surface area contributed by atoms with E-state index in [0.717, 1.165) is 25.9 Å². The van der Waals surface area contributed by atoms with Crippen molar-refractivity contribution in [1.82, 2.24) is 5.32 Å². The third kappa shape index (κ3) is 2.50. The van der Waals surface area contributed by atoms with Crippen LogP contribution in [0.5, 0.6) is 0 Å². The standard InChI is InChI=1S/C14H19NO/c1-2-15-8-7-13(16)10-12-9-11-5-3-4-6-14(11)12/h3-6,12,15H,2,7-10H2,1H3. The van der Waals surface area contributed by atoms with Gasteiger partial charge in [-0.15, -0.1) is 0 Å². The quantitative estimate of drug-likeness (QED) is 0.741. The minimum atomic E-state index is 0.389. The average Bonchev–Trinajstić information content (AvgIpc) is 2.26. The van der Waals surface area contributed by atoms with E-state index in [9.17, 15) is 4.79 Å². The first-order valence-electron chi connectivity index (χ1n) is 6.11. The third-order valence-electron chi connectivity index (χ3n) is 3.27. The van der Waals surface area contributed by atoms with Crippen molar-refractivity contribution in [2.45, 2.75) is 32.1 Å². The summed E-state index contributed by atoms with van der Waals surface area (Å²) < 4.78 is 0. The van der Waals surface area contributed by atoms with E-state index in [-0.39, 0.29) is 0 Å². The molecule has 1 aliphatic rings. The lowest BCUT2D eigenvalue weighted by Crippen LogP contribution is -2.22. The second-order valence-electron chi connectivity index (χ2n) is 4.45. The number of hydrogen-bond acceptors (Lipinski definition) is 2. The Morgan fingerprint density at radius 3 is 3.00 bits per heavy atom. The molecule has 1 aliphatic carbocycles. The summed E-state index contributed by atoms with van der Waals surface area (Å²) in [6.45, 7) is 3.83. The molecule has 0 bridgehead atoms. The molecule has 0 radical (unpaired) electrons. The molecule has 0 spiro atoms. The van der Waals surface area contributed by atoms with Crippen LogP contribution in [0, 0.1) is 0 Å². The molecule has 1 aromatic rings. The number of benzene rings is 1. The lowest BCUT2D eigenvalue weighted by molar-refractivity contribution is -0.119. The molecule has 0 aromatic heterocycles. The van der Waals surface area contributed by atoms with Crippen LogP contribution in [0.2, 0.25) is 0 Å². The number of hydrogen-bond donors (Lipinski definition) is 1. The highest BCUT2D eigenvalue weighted by Crippen LogP contribution is 2.37. The SMILES string of the molecule is CCNCCC(=O)CC1Cc2ccccc21. The number of rotatable bonds is 6. The van der Waals surface area contributed by atoms with Crippen LogP contribution < -0.4 is 5.32 Å². The lowest BCUT2D eigenvalue weighted by atomic mass is 9.75. The highest BCUT2D eigenvalue weighted by atomic mass is 16.1.